The molecular weight excluding hydrogens is 626 g/mol. The summed E-state index contributed by atoms with van der Waals surface area (Å²) in [6.07, 6.45) is 6.44. The number of guanidine groups is 1. The van der Waals surface area contributed by atoms with Gasteiger partial charge in [0.2, 0.25) is 29.5 Å². The smallest absolute Gasteiger partial charge is 0.246 e. The van der Waals surface area contributed by atoms with Crippen LogP contribution in [-0.4, -0.2) is 95.1 Å². The molecule has 2 heterocycles. The van der Waals surface area contributed by atoms with Gasteiger partial charge in [0, 0.05) is 25.6 Å². The Balaban J connectivity index is 1.20. The molecule has 5 amide bonds. The van der Waals surface area contributed by atoms with Crippen molar-refractivity contribution >= 4 is 46.3 Å². The average Bonchev–Trinajstić information content (AvgIpc) is 3.74. The fourth-order valence-electron chi connectivity index (χ4n) is 7.77. The van der Waals surface area contributed by atoms with Gasteiger partial charge in [0.15, 0.2) is 5.96 Å². The van der Waals surface area contributed by atoms with Gasteiger partial charge in [-0.15, -0.1) is 0 Å². The van der Waals surface area contributed by atoms with Gasteiger partial charge in [0.25, 0.3) is 0 Å². The molecular formula is C35H49N9O5. The Labute approximate surface area is 286 Å². The minimum absolute atomic E-state index is 0.0215. The maximum Gasteiger partial charge on any atom is 0.246 e. The Morgan fingerprint density at radius 2 is 1.67 bits per heavy atom. The van der Waals surface area contributed by atoms with E-state index in [1.165, 1.54) is 0 Å². The first-order valence-corrected chi connectivity index (χ1v) is 17.3. The summed E-state index contributed by atoms with van der Waals surface area (Å²) in [4.78, 5) is 73.7. The number of primary amides is 1. The highest BCUT2D eigenvalue weighted by Crippen LogP contribution is 2.41. The maximum absolute atomic E-state index is 14.1. The number of carbonyl (C=O) groups is 5. The summed E-state index contributed by atoms with van der Waals surface area (Å²) in [5.41, 5.74) is 23.7. The molecule has 0 spiro atoms. The van der Waals surface area contributed by atoms with Crippen molar-refractivity contribution < 1.29 is 24.0 Å². The van der Waals surface area contributed by atoms with Gasteiger partial charge in [0.1, 0.15) is 18.1 Å². The molecule has 0 radical (unpaired) electrons. The molecule has 3 fully saturated rings. The highest BCUT2D eigenvalue weighted by molar-refractivity contribution is 5.96. The number of rotatable bonds is 13. The predicted octanol–water partition coefficient (Wildman–Crippen LogP) is 0.000200. The lowest BCUT2D eigenvalue weighted by atomic mass is 9.84. The molecule has 264 valence electrons. The largest absolute Gasteiger partial charge is 0.370 e. The molecule has 2 saturated heterocycles. The number of nitrogens with two attached hydrogens (primary N) is 4. The average molecular weight is 676 g/mol. The molecule has 1 aliphatic carbocycles. The summed E-state index contributed by atoms with van der Waals surface area (Å²) in [7, 11) is 0. The Kier molecular flexibility index (Phi) is 11.7. The van der Waals surface area contributed by atoms with Crippen molar-refractivity contribution in [1.82, 2.24) is 20.4 Å². The van der Waals surface area contributed by atoms with Crippen LogP contribution in [0.1, 0.15) is 63.4 Å². The van der Waals surface area contributed by atoms with Crippen LogP contribution in [0.15, 0.2) is 47.5 Å². The molecule has 14 heteroatoms. The zero-order valence-corrected chi connectivity index (χ0v) is 27.9. The van der Waals surface area contributed by atoms with Crippen molar-refractivity contribution in [2.75, 3.05) is 19.6 Å². The minimum atomic E-state index is -0.980. The molecule has 0 bridgehead atoms. The molecule has 2 aromatic rings. The Morgan fingerprint density at radius 3 is 2.45 bits per heavy atom. The van der Waals surface area contributed by atoms with E-state index in [-0.39, 0.29) is 42.7 Å². The van der Waals surface area contributed by atoms with Crippen molar-refractivity contribution in [3.8, 4) is 0 Å². The minimum Gasteiger partial charge on any atom is -0.370 e. The normalized spacial score (nSPS) is 23.0. The highest BCUT2D eigenvalue weighted by Gasteiger charge is 2.50. The standard InChI is InChI=1S/C35H49N9O5/c36-25(13-6-16-40-35(38)39)33(48)44-27-14-4-2-9-23(27)19-29(44)34(49)43-17-7-15-28(43)32(47)41-20-30(45)42-26(31(37)46)18-22-11-5-10-21-8-1-3-12-24(21)22/h1,3,5,8,10-12,23,25-29H,2,4,6-7,9,13-20,36H2,(H2,37,46)(H,41,47)(H,42,45)(H4,38,39,40)/t23-,25+,26-,27-,28-,29-/m0/s1. The molecule has 2 aromatic carbocycles. The van der Waals surface area contributed by atoms with Crippen LogP contribution in [0.2, 0.25) is 0 Å². The predicted molar refractivity (Wildman–Crippen MR) is 185 cm³/mol. The summed E-state index contributed by atoms with van der Waals surface area (Å²) in [5.74, 6) is -2.07. The quantitative estimate of drug-likeness (QED) is 0.0959. The number of fused-ring (bicyclic) bond motifs is 2. The Morgan fingerprint density at radius 1 is 0.918 bits per heavy atom. The molecule has 49 heavy (non-hydrogen) atoms. The van der Waals surface area contributed by atoms with Crippen LogP contribution in [0, 0.1) is 5.92 Å². The second-order valence-electron chi connectivity index (χ2n) is 13.4. The monoisotopic (exact) mass is 675 g/mol. The lowest BCUT2D eigenvalue weighted by Crippen LogP contribution is -2.57. The zero-order chi connectivity index (χ0) is 35.1. The number of aliphatic imine (C=N–C) groups is 1. The van der Waals surface area contributed by atoms with Crippen LogP contribution in [0.3, 0.4) is 0 Å². The van der Waals surface area contributed by atoms with Crippen molar-refractivity contribution in [2.24, 2.45) is 33.8 Å². The molecule has 14 nitrogen and oxygen atoms in total. The van der Waals surface area contributed by atoms with Gasteiger partial charge < -0.3 is 43.4 Å². The molecule has 2 aliphatic heterocycles. The van der Waals surface area contributed by atoms with Crippen molar-refractivity contribution in [3.05, 3.63) is 48.0 Å². The third-order valence-corrected chi connectivity index (χ3v) is 10.2. The summed E-state index contributed by atoms with van der Waals surface area (Å²) in [6.45, 7) is 0.341. The van der Waals surface area contributed by atoms with Crippen LogP contribution in [0.5, 0.6) is 0 Å². The summed E-state index contributed by atoms with van der Waals surface area (Å²) in [6, 6.07) is 10.1. The topological polar surface area (TPSA) is 232 Å². The van der Waals surface area contributed by atoms with Crippen molar-refractivity contribution in [3.63, 3.8) is 0 Å². The second-order valence-corrected chi connectivity index (χ2v) is 13.4. The number of benzene rings is 2. The van der Waals surface area contributed by atoms with Crippen molar-refractivity contribution in [2.45, 2.75) is 94.4 Å². The first-order chi connectivity index (χ1) is 23.5. The third kappa shape index (κ3) is 8.48. The lowest BCUT2D eigenvalue weighted by Gasteiger charge is -2.36. The number of carbonyl (C=O) groups excluding carboxylic acids is 5. The maximum atomic E-state index is 14.1. The van der Waals surface area contributed by atoms with Crippen LogP contribution in [0.25, 0.3) is 10.8 Å². The van der Waals surface area contributed by atoms with Gasteiger partial charge in [-0.2, -0.15) is 0 Å². The number of likely N-dealkylation sites (tertiary alicyclic amines) is 2. The van der Waals surface area contributed by atoms with Gasteiger partial charge in [0.05, 0.1) is 12.6 Å². The summed E-state index contributed by atoms with van der Waals surface area (Å²) in [5, 5.41) is 7.26. The zero-order valence-electron chi connectivity index (χ0n) is 27.9. The van der Waals surface area contributed by atoms with Gasteiger partial charge >= 0.3 is 0 Å². The number of hydrogen-bond donors (Lipinski definition) is 6. The summed E-state index contributed by atoms with van der Waals surface area (Å²) < 4.78 is 0. The Hall–Kier alpha value is -4.72. The summed E-state index contributed by atoms with van der Waals surface area (Å²) >= 11 is 0. The fourth-order valence-corrected chi connectivity index (χ4v) is 7.77. The first-order valence-electron chi connectivity index (χ1n) is 17.3. The van der Waals surface area contributed by atoms with Crippen LogP contribution in [-0.2, 0) is 30.4 Å². The van der Waals surface area contributed by atoms with Gasteiger partial charge in [-0.25, -0.2) is 0 Å². The van der Waals surface area contributed by atoms with Crippen LogP contribution in [0.4, 0.5) is 0 Å². The molecule has 5 rings (SSSR count). The van der Waals surface area contributed by atoms with E-state index in [9.17, 15) is 24.0 Å². The van der Waals surface area contributed by atoms with Crippen molar-refractivity contribution in [1.29, 1.82) is 0 Å². The molecule has 6 atom stereocenters. The van der Waals surface area contributed by atoms with E-state index in [1.807, 2.05) is 42.5 Å². The molecule has 3 aliphatic rings. The van der Waals surface area contributed by atoms with Crippen LogP contribution >= 0.6 is 0 Å². The van der Waals surface area contributed by atoms with Gasteiger partial charge in [-0.1, -0.05) is 55.3 Å². The van der Waals surface area contributed by atoms with Gasteiger partial charge in [-0.3, -0.25) is 29.0 Å². The number of nitrogens with zero attached hydrogens (tertiary/aromatic N) is 3. The van der Waals surface area contributed by atoms with E-state index in [0.717, 1.165) is 42.0 Å². The first kappa shape index (κ1) is 35.6. The highest BCUT2D eigenvalue weighted by atomic mass is 16.2. The van der Waals surface area contributed by atoms with E-state index < -0.39 is 41.9 Å². The lowest BCUT2D eigenvalue weighted by molar-refractivity contribution is -0.148. The molecule has 0 aromatic heterocycles. The van der Waals surface area contributed by atoms with E-state index >= 15 is 0 Å². The molecule has 10 N–H and O–H groups in total. The van der Waals surface area contributed by atoms with E-state index in [1.54, 1.807) is 9.80 Å². The number of nitrogens with one attached hydrogen (secondary N) is 2. The second kappa shape index (κ2) is 16.1. The van der Waals surface area contributed by atoms with Gasteiger partial charge in [-0.05, 0) is 67.2 Å². The van der Waals surface area contributed by atoms with E-state index in [2.05, 4.69) is 15.6 Å². The van der Waals surface area contributed by atoms with E-state index in [0.29, 0.717) is 45.2 Å². The third-order valence-electron chi connectivity index (χ3n) is 10.2. The SMILES string of the molecule is NC(=O)[C@H](Cc1cccc2ccccc12)NC(=O)CNC(=O)[C@@H]1CCCN1C(=O)[C@@H]1C[C@@H]2CCCC[C@@H]2N1C(=O)[C@H](N)CCCN=C(N)N. The molecule has 0 unspecified atom stereocenters. The molecule has 1 saturated carbocycles. The van der Waals surface area contributed by atoms with Crippen LogP contribution < -0.4 is 33.6 Å². The Bertz CT molecular complexity index is 1570. The number of amides is 5. The number of hydrogen-bond acceptors (Lipinski definition) is 7. The van der Waals surface area contributed by atoms with E-state index in [4.69, 9.17) is 22.9 Å². The fraction of sp³-hybridized carbons (Fsp3) is 0.543.